The zero-order valence-electron chi connectivity index (χ0n) is 17.8. The van der Waals surface area contributed by atoms with Crippen molar-refractivity contribution >= 4 is 40.5 Å². The summed E-state index contributed by atoms with van der Waals surface area (Å²) < 4.78 is 30.6. The third-order valence-corrected chi connectivity index (χ3v) is 5.44. The summed E-state index contributed by atoms with van der Waals surface area (Å²) in [5, 5.41) is 15.6. The maximum Gasteiger partial charge on any atom is 0.334 e. The Bertz CT molecular complexity index is 1270. The normalized spacial score (nSPS) is 12.7. The van der Waals surface area contributed by atoms with E-state index in [-0.39, 0.29) is 22.8 Å². The molecular formula is C23H19ClF2N6O. The Balaban J connectivity index is 1.94. The molecule has 3 aromatic rings. The van der Waals surface area contributed by atoms with E-state index in [1.165, 1.54) is 24.2 Å². The molecule has 1 aliphatic rings. The molecule has 4 rings (SSSR count). The Labute approximate surface area is 194 Å². The number of nitrogens with zero attached hydrogens (tertiary/aromatic N) is 4. The number of fused-ring (bicyclic) bond motifs is 3. The van der Waals surface area contributed by atoms with Crippen molar-refractivity contribution in [1.82, 2.24) is 10.3 Å². The monoisotopic (exact) mass is 468 g/mol. The predicted octanol–water partition coefficient (Wildman–Crippen LogP) is 4.89. The molecule has 2 amide bonds. The Morgan fingerprint density at radius 2 is 1.85 bits per heavy atom. The second-order valence-corrected chi connectivity index (χ2v) is 7.80. The number of amides is 2. The smallest absolute Gasteiger partial charge is 0.334 e. The van der Waals surface area contributed by atoms with Crippen LogP contribution in [-0.4, -0.2) is 38.2 Å². The number of anilines is 4. The molecule has 168 valence electrons. The third kappa shape index (κ3) is 4.06. The molecule has 2 N–H and O–H groups in total. The number of rotatable bonds is 5. The van der Waals surface area contributed by atoms with Crippen molar-refractivity contribution < 1.29 is 13.6 Å². The van der Waals surface area contributed by atoms with Gasteiger partial charge in [0.1, 0.15) is 11.5 Å². The Morgan fingerprint density at radius 1 is 1.12 bits per heavy atom. The van der Waals surface area contributed by atoms with Crippen LogP contribution in [0.4, 0.5) is 36.5 Å². The molecule has 0 saturated heterocycles. The molecule has 33 heavy (non-hydrogen) atoms. The number of hydrogen-bond donors (Lipinski definition) is 2. The van der Waals surface area contributed by atoms with Gasteiger partial charge in [-0.15, -0.1) is 0 Å². The number of hydrogen-bond acceptors (Lipinski definition) is 5. The van der Waals surface area contributed by atoms with Gasteiger partial charge in [0.2, 0.25) is 0 Å². The van der Waals surface area contributed by atoms with Crippen LogP contribution in [0.25, 0.3) is 11.1 Å². The van der Waals surface area contributed by atoms with Gasteiger partial charge in [0, 0.05) is 43.1 Å². The van der Waals surface area contributed by atoms with Crippen LogP contribution in [0.15, 0.2) is 42.6 Å². The topological polar surface area (TPSA) is 84.3 Å². The standard InChI is InChI=1S/C23H19ClF2N6O/c1-28-5-6-29-15-9-18(25)21(19(26)10-15)32-20-7-13(11-27)3-4-16(20)17-8-14(24)12-30-22(17)31(2)23(32)33/h3-4,7-10,12,28-29H,5-6H2,1-2H3. The van der Waals surface area contributed by atoms with Gasteiger partial charge < -0.3 is 10.6 Å². The first-order valence-corrected chi connectivity index (χ1v) is 10.4. The highest BCUT2D eigenvalue weighted by Gasteiger charge is 2.35. The number of benzene rings is 2. The lowest BCUT2D eigenvalue weighted by atomic mass is 10.0. The Hall–Kier alpha value is -3.74. The fraction of sp³-hybridized carbons (Fsp3) is 0.174. The van der Waals surface area contributed by atoms with E-state index in [0.717, 1.165) is 17.0 Å². The van der Waals surface area contributed by atoms with E-state index in [9.17, 15) is 10.1 Å². The number of likely N-dealkylation sites (N-methyl/N-ethyl adjacent to an activating group) is 1. The molecule has 1 aromatic heterocycles. The van der Waals surface area contributed by atoms with Gasteiger partial charge in [0.25, 0.3) is 0 Å². The van der Waals surface area contributed by atoms with E-state index in [1.54, 1.807) is 25.2 Å². The molecule has 1 aliphatic heterocycles. The van der Waals surface area contributed by atoms with Gasteiger partial charge in [-0.3, -0.25) is 9.80 Å². The Morgan fingerprint density at radius 3 is 2.52 bits per heavy atom. The second kappa shape index (κ2) is 9.02. The average molecular weight is 469 g/mol. The first-order valence-electron chi connectivity index (χ1n) is 10.0. The zero-order chi connectivity index (χ0) is 23.7. The zero-order valence-corrected chi connectivity index (χ0v) is 18.5. The molecule has 0 saturated carbocycles. The fourth-order valence-corrected chi connectivity index (χ4v) is 3.84. The van der Waals surface area contributed by atoms with E-state index in [2.05, 4.69) is 15.6 Å². The van der Waals surface area contributed by atoms with Crippen LogP contribution in [0.1, 0.15) is 5.56 Å². The molecule has 0 fully saturated rings. The predicted molar refractivity (Wildman–Crippen MR) is 124 cm³/mol. The average Bonchev–Trinajstić information content (AvgIpc) is 2.87. The molecule has 0 spiro atoms. The molecule has 0 radical (unpaired) electrons. The molecule has 2 heterocycles. The first-order chi connectivity index (χ1) is 15.8. The van der Waals surface area contributed by atoms with Crippen LogP contribution >= 0.6 is 11.6 Å². The van der Waals surface area contributed by atoms with Crippen molar-refractivity contribution in [1.29, 1.82) is 5.26 Å². The van der Waals surface area contributed by atoms with Gasteiger partial charge in [-0.2, -0.15) is 5.26 Å². The summed E-state index contributed by atoms with van der Waals surface area (Å²) in [6.07, 6.45) is 1.38. The van der Waals surface area contributed by atoms with Crippen molar-refractivity contribution in [2.75, 3.05) is 42.3 Å². The maximum atomic E-state index is 15.3. The van der Waals surface area contributed by atoms with E-state index in [1.807, 2.05) is 6.07 Å². The van der Waals surface area contributed by atoms with Gasteiger partial charge in [-0.05, 0) is 37.4 Å². The number of carbonyl (C=O) groups is 1. The first kappa shape index (κ1) is 22.5. The van der Waals surface area contributed by atoms with E-state index >= 15 is 8.78 Å². The molecular weight excluding hydrogens is 450 g/mol. The van der Waals surface area contributed by atoms with Crippen molar-refractivity contribution in [3.8, 4) is 17.2 Å². The lowest BCUT2D eigenvalue weighted by molar-refractivity contribution is 0.254. The van der Waals surface area contributed by atoms with Crippen LogP contribution < -0.4 is 20.4 Å². The maximum absolute atomic E-state index is 15.3. The largest absolute Gasteiger partial charge is 0.384 e. The van der Waals surface area contributed by atoms with Crippen LogP contribution in [0, 0.1) is 23.0 Å². The summed E-state index contributed by atoms with van der Waals surface area (Å²) in [4.78, 5) is 19.9. The highest BCUT2D eigenvalue weighted by molar-refractivity contribution is 6.31. The van der Waals surface area contributed by atoms with Crippen LogP contribution in [0.5, 0.6) is 0 Å². The fourth-order valence-electron chi connectivity index (χ4n) is 3.68. The van der Waals surface area contributed by atoms with Crippen LogP contribution in [-0.2, 0) is 0 Å². The highest BCUT2D eigenvalue weighted by Crippen LogP contribution is 2.45. The van der Waals surface area contributed by atoms with Gasteiger partial charge >= 0.3 is 6.03 Å². The number of nitriles is 1. The minimum Gasteiger partial charge on any atom is -0.384 e. The molecule has 10 heteroatoms. The number of nitrogens with one attached hydrogen (secondary N) is 2. The van der Waals surface area contributed by atoms with Gasteiger partial charge in [0.05, 0.1) is 22.3 Å². The quantitative estimate of drug-likeness (QED) is 0.521. The third-order valence-electron chi connectivity index (χ3n) is 5.23. The molecule has 0 unspecified atom stereocenters. The highest BCUT2D eigenvalue weighted by atomic mass is 35.5. The summed E-state index contributed by atoms with van der Waals surface area (Å²) >= 11 is 6.15. The summed E-state index contributed by atoms with van der Waals surface area (Å²) in [6.45, 7) is 1.05. The molecule has 0 atom stereocenters. The minimum absolute atomic E-state index is 0.141. The van der Waals surface area contributed by atoms with E-state index < -0.39 is 23.4 Å². The summed E-state index contributed by atoms with van der Waals surface area (Å²) in [7, 11) is 3.22. The van der Waals surface area contributed by atoms with Crippen LogP contribution in [0.2, 0.25) is 5.02 Å². The summed E-state index contributed by atoms with van der Waals surface area (Å²) in [6, 6.07) is 9.70. The number of halogens is 3. The number of urea groups is 1. The molecule has 0 aliphatic carbocycles. The minimum atomic E-state index is -0.936. The lowest BCUT2D eigenvalue weighted by Gasteiger charge is -2.27. The number of pyridine rings is 1. The van der Waals surface area contributed by atoms with Gasteiger partial charge in [-0.25, -0.2) is 18.6 Å². The number of carbonyl (C=O) groups excluding carboxylic acids is 1. The second-order valence-electron chi connectivity index (χ2n) is 7.36. The van der Waals surface area contributed by atoms with Crippen LogP contribution in [0.3, 0.4) is 0 Å². The van der Waals surface area contributed by atoms with Crippen molar-refractivity contribution in [3.05, 3.63) is 64.8 Å². The summed E-state index contributed by atoms with van der Waals surface area (Å²) in [5.41, 5.74) is 0.989. The number of aromatic nitrogens is 1. The lowest BCUT2D eigenvalue weighted by Crippen LogP contribution is -2.39. The van der Waals surface area contributed by atoms with Crippen molar-refractivity contribution in [2.45, 2.75) is 0 Å². The van der Waals surface area contributed by atoms with Gasteiger partial charge in [-0.1, -0.05) is 17.7 Å². The SMILES string of the molecule is CNCCNc1cc(F)c(N2C(=O)N(C)c3ncc(Cl)cc3-c3ccc(C#N)cc32)c(F)c1. The molecule has 7 nitrogen and oxygen atoms in total. The van der Waals surface area contributed by atoms with Gasteiger partial charge in [0.15, 0.2) is 11.6 Å². The summed E-state index contributed by atoms with van der Waals surface area (Å²) in [5.74, 6) is -1.60. The van der Waals surface area contributed by atoms with Crippen molar-refractivity contribution in [2.24, 2.45) is 0 Å². The Kier molecular flexibility index (Phi) is 6.14. The van der Waals surface area contributed by atoms with E-state index in [0.29, 0.717) is 29.2 Å². The molecule has 2 aromatic carbocycles. The van der Waals surface area contributed by atoms with Crippen molar-refractivity contribution in [3.63, 3.8) is 0 Å². The van der Waals surface area contributed by atoms with E-state index in [4.69, 9.17) is 11.6 Å². The molecule has 0 bridgehead atoms.